The molecule has 0 aromatic heterocycles. The van der Waals surface area contributed by atoms with E-state index in [1.807, 2.05) is 18.2 Å². The van der Waals surface area contributed by atoms with Crippen LogP contribution in [-0.2, 0) is 0 Å². The lowest BCUT2D eigenvalue weighted by atomic mass is 9.99. The van der Waals surface area contributed by atoms with Gasteiger partial charge in [0.15, 0.2) is 0 Å². The van der Waals surface area contributed by atoms with E-state index >= 15 is 0 Å². The van der Waals surface area contributed by atoms with Crippen molar-refractivity contribution in [3.8, 4) is 0 Å². The Kier molecular flexibility index (Phi) is 10.7. The summed E-state index contributed by atoms with van der Waals surface area (Å²) < 4.78 is 0. The molecule has 0 heterocycles. The fourth-order valence-electron chi connectivity index (χ4n) is 1.16. The molecule has 0 saturated heterocycles. The molecule has 0 spiro atoms. The van der Waals surface area contributed by atoms with Gasteiger partial charge in [-0.25, -0.2) is 0 Å². The fourth-order valence-corrected chi connectivity index (χ4v) is 1.41. The minimum atomic E-state index is 0.550. The van der Waals surface area contributed by atoms with E-state index in [0.717, 1.165) is 19.3 Å². The Hall–Kier alpha value is -0.200. The van der Waals surface area contributed by atoms with Gasteiger partial charge in [0.05, 0.1) is 0 Å². The van der Waals surface area contributed by atoms with Crippen LogP contribution in [0.2, 0.25) is 0 Å². The maximum Gasteiger partial charge on any atom is 0.0404 e. The summed E-state index contributed by atoms with van der Waals surface area (Å²) in [6.07, 6.45) is 13.4. The standard InChI is InChI=1S/C12H18Cl2/c1-2-12(9-5-7-11-14)8-4-3-6-10-13/h2-3,5-7,12H,1,4,8-11H2. The molecule has 0 aromatic rings. The molecule has 0 amide bonds. The second kappa shape index (κ2) is 10.9. The molecule has 0 aliphatic carbocycles. The molecule has 80 valence electrons. The van der Waals surface area contributed by atoms with Crippen LogP contribution >= 0.6 is 23.2 Å². The van der Waals surface area contributed by atoms with Crippen LogP contribution in [0.5, 0.6) is 0 Å². The molecule has 0 aromatic carbocycles. The lowest BCUT2D eigenvalue weighted by molar-refractivity contribution is 0.607. The molecule has 0 saturated carbocycles. The molecule has 0 N–H and O–H groups in total. The predicted octanol–water partition coefficient (Wildman–Crippen LogP) is 4.55. The quantitative estimate of drug-likeness (QED) is 0.426. The van der Waals surface area contributed by atoms with Gasteiger partial charge in [0.1, 0.15) is 0 Å². The van der Waals surface area contributed by atoms with Gasteiger partial charge >= 0.3 is 0 Å². The van der Waals surface area contributed by atoms with Crippen LogP contribution in [0.25, 0.3) is 0 Å². The van der Waals surface area contributed by atoms with Crippen LogP contribution in [0.3, 0.4) is 0 Å². The Bertz CT molecular complexity index is 183. The molecule has 0 fully saturated rings. The highest BCUT2D eigenvalue weighted by Gasteiger charge is 1.99. The number of alkyl halides is 2. The third-order valence-electron chi connectivity index (χ3n) is 1.99. The average molecular weight is 233 g/mol. The summed E-state index contributed by atoms with van der Waals surface area (Å²) in [6.45, 7) is 3.82. The Morgan fingerprint density at radius 3 is 2.21 bits per heavy atom. The van der Waals surface area contributed by atoms with Gasteiger partial charge in [0.25, 0.3) is 0 Å². The topological polar surface area (TPSA) is 0 Å². The smallest absolute Gasteiger partial charge is 0.0404 e. The first-order chi connectivity index (χ1) is 6.85. The predicted molar refractivity (Wildman–Crippen MR) is 67.3 cm³/mol. The summed E-state index contributed by atoms with van der Waals surface area (Å²) in [6, 6.07) is 0. The molecule has 0 bridgehead atoms. The minimum Gasteiger partial charge on any atom is -0.122 e. The highest BCUT2D eigenvalue weighted by atomic mass is 35.5. The lowest BCUT2D eigenvalue weighted by Crippen LogP contribution is -1.93. The van der Waals surface area contributed by atoms with Gasteiger partial charge in [-0.15, -0.1) is 29.8 Å². The van der Waals surface area contributed by atoms with Crippen molar-refractivity contribution in [1.82, 2.24) is 0 Å². The van der Waals surface area contributed by atoms with Crippen molar-refractivity contribution in [3.63, 3.8) is 0 Å². The van der Waals surface area contributed by atoms with Crippen molar-refractivity contribution >= 4 is 23.2 Å². The van der Waals surface area contributed by atoms with Crippen molar-refractivity contribution in [2.24, 2.45) is 5.92 Å². The molecule has 0 nitrogen and oxygen atoms in total. The summed E-state index contributed by atoms with van der Waals surface area (Å²) in [5.41, 5.74) is 0. The number of hydrogen-bond acceptors (Lipinski definition) is 0. The number of hydrogen-bond donors (Lipinski definition) is 0. The Morgan fingerprint density at radius 1 is 1.00 bits per heavy atom. The highest BCUT2D eigenvalue weighted by Crippen LogP contribution is 2.13. The third-order valence-corrected chi connectivity index (χ3v) is 2.34. The summed E-state index contributed by atoms with van der Waals surface area (Å²) in [5, 5.41) is 0. The van der Waals surface area contributed by atoms with Crippen LogP contribution in [0.1, 0.15) is 19.3 Å². The molecule has 2 heteroatoms. The molecule has 0 aliphatic heterocycles. The number of allylic oxidation sites excluding steroid dienone is 5. The number of rotatable bonds is 8. The van der Waals surface area contributed by atoms with Gasteiger partial charge in [-0.2, -0.15) is 0 Å². The first-order valence-electron chi connectivity index (χ1n) is 4.89. The van der Waals surface area contributed by atoms with E-state index in [1.54, 1.807) is 0 Å². The van der Waals surface area contributed by atoms with E-state index in [2.05, 4.69) is 18.7 Å². The zero-order valence-corrected chi connectivity index (χ0v) is 9.97. The Balaban J connectivity index is 3.62. The van der Waals surface area contributed by atoms with Crippen LogP contribution < -0.4 is 0 Å². The molecule has 0 aliphatic rings. The third kappa shape index (κ3) is 8.40. The Morgan fingerprint density at radius 2 is 1.64 bits per heavy atom. The van der Waals surface area contributed by atoms with Crippen molar-refractivity contribution in [1.29, 1.82) is 0 Å². The molecule has 0 rings (SSSR count). The van der Waals surface area contributed by atoms with Crippen LogP contribution in [0.4, 0.5) is 0 Å². The largest absolute Gasteiger partial charge is 0.122 e. The zero-order valence-electron chi connectivity index (χ0n) is 8.46. The second-order valence-corrected chi connectivity index (χ2v) is 3.68. The van der Waals surface area contributed by atoms with Crippen molar-refractivity contribution in [3.05, 3.63) is 37.0 Å². The van der Waals surface area contributed by atoms with Crippen molar-refractivity contribution in [2.75, 3.05) is 11.8 Å². The van der Waals surface area contributed by atoms with Gasteiger partial charge in [0.2, 0.25) is 0 Å². The van der Waals surface area contributed by atoms with Crippen LogP contribution in [-0.4, -0.2) is 11.8 Å². The van der Waals surface area contributed by atoms with Gasteiger partial charge < -0.3 is 0 Å². The van der Waals surface area contributed by atoms with E-state index in [4.69, 9.17) is 23.2 Å². The van der Waals surface area contributed by atoms with Crippen LogP contribution in [0.15, 0.2) is 37.0 Å². The first-order valence-corrected chi connectivity index (χ1v) is 5.96. The first kappa shape index (κ1) is 13.8. The zero-order chi connectivity index (χ0) is 10.6. The maximum atomic E-state index is 5.54. The van der Waals surface area contributed by atoms with E-state index in [0.29, 0.717) is 17.7 Å². The summed E-state index contributed by atoms with van der Waals surface area (Å²) in [4.78, 5) is 0. The fraction of sp³-hybridized carbons (Fsp3) is 0.500. The molecule has 1 unspecified atom stereocenters. The highest BCUT2D eigenvalue weighted by molar-refractivity contribution is 6.19. The minimum absolute atomic E-state index is 0.550. The number of halogens is 2. The van der Waals surface area contributed by atoms with E-state index in [-0.39, 0.29) is 0 Å². The summed E-state index contributed by atoms with van der Waals surface area (Å²) in [7, 11) is 0. The van der Waals surface area contributed by atoms with Gasteiger partial charge in [-0.05, 0) is 25.2 Å². The van der Waals surface area contributed by atoms with Crippen molar-refractivity contribution < 1.29 is 0 Å². The molecule has 14 heavy (non-hydrogen) atoms. The maximum absolute atomic E-state index is 5.54. The molecular formula is C12H18Cl2. The van der Waals surface area contributed by atoms with Gasteiger partial charge in [-0.1, -0.05) is 30.4 Å². The van der Waals surface area contributed by atoms with E-state index in [9.17, 15) is 0 Å². The van der Waals surface area contributed by atoms with Gasteiger partial charge in [0, 0.05) is 11.8 Å². The van der Waals surface area contributed by atoms with E-state index < -0.39 is 0 Å². The van der Waals surface area contributed by atoms with E-state index in [1.165, 1.54) is 0 Å². The van der Waals surface area contributed by atoms with Crippen molar-refractivity contribution in [2.45, 2.75) is 19.3 Å². The summed E-state index contributed by atoms with van der Waals surface area (Å²) >= 11 is 11.1. The Labute approximate surface area is 97.3 Å². The molecular weight excluding hydrogens is 215 g/mol. The monoisotopic (exact) mass is 232 g/mol. The molecule has 0 radical (unpaired) electrons. The summed E-state index contributed by atoms with van der Waals surface area (Å²) in [5.74, 6) is 1.75. The second-order valence-electron chi connectivity index (χ2n) is 3.06. The SMILES string of the molecule is C=CC(CC=CCCl)CCC=CCCl. The molecule has 1 atom stereocenters. The lowest BCUT2D eigenvalue weighted by Gasteiger charge is -2.07. The van der Waals surface area contributed by atoms with Gasteiger partial charge in [-0.3, -0.25) is 0 Å². The van der Waals surface area contributed by atoms with Crippen LogP contribution in [0, 0.1) is 5.92 Å². The normalized spacial score (nSPS) is 13.9. The average Bonchev–Trinajstić information content (AvgIpc) is 2.22.